The molecular formula is C20H25FN4O. The second kappa shape index (κ2) is 10.2. The highest BCUT2D eigenvalue weighted by atomic mass is 19.1. The molecule has 0 saturated carbocycles. The fourth-order valence-electron chi connectivity index (χ4n) is 2.22. The predicted octanol–water partition coefficient (Wildman–Crippen LogP) is 2.19. The predicted molar refractivity (Wildman–Crippen MR) is 102 cm³/mol. The van der Waals surface area contributed by atoms with Crippen LogP contribution in [-0.4, -0.2) is 44.0 Å². The lowest BCUT2D eigenvalue weighted by Gasteiger charge is -2.15. The summed E-state index contributed by atoms with van der Waals surface area (Å²) in [4.78, 5) is 17.9. The van der Waals surface area contributed by atoms with Crippen LogP contribution in [0.1, 0.15) is 11.1 Å². The smallest absolute Gasteiger partial charge is 0.241 e. The van der Waals surface area contributed by atoms with Crippen LogP contribution in [0.2, 0.25) is 0 Å². The molecule has 0 atom stereocenters. The average molecular weight is 356 g/mol. The Kier molecular flexibility index (Phi) is 7.61. The van der Waals surface area contributed by atoms with Crippen molar-refractivity contribution in [2.75, 3.05) is 27.2 Å². The van der Waals surface area contributed by atoms with Gasteiger partial charge in [0.1, 0.15) is 5.82 Å². The Balaban J connectivity index is 1.92. The Morgan fingerprint density at radius 1 is 1.00 bits per heavy atom. The van der Waals surface area contributed by atoms with Crippen LogP contribution in [-0.2, 0) is 17.8 Å². The number of hydrogen-bond donors (Lipinski definition) is 2. The molecule has 0 saturated heterocycles. The molecule has 0 unspecified atom stereocenters. The number of aliphatic imine (C=N–C) groups is 1. The number of carbonyl (C=O) groups is 1. The van der Waals surface area contributed by atoms with Crippen molar-refractivity contribution in [1.29, 1.82) is 0 Å². The molecule has 0 heterocycles. The maximum atomic E-state index is 13.0. The number of nitrogens with zero attached hydrogens (tertiary/aromatic N) is 2. The van der Waals surface area contributed by atoms with Crippen molar-refractivity contribution in [3.63, 3.8) is 0 Å². The van der Waals surface area contributed by atoms with Gasteiger partial charge in [-0.2, -0.15) is 0 Å². The molecular weight excluding hydrogens is 331 g/mol. The van der Waals surface area contributed by atoms with E-state index in [0.29, 0.717) is 19.0 Å². The zero-order valence-electron chi connectivity index (χ0n) is 15.2. The van der Waals surface area contributed by atoms with Crippen molar-refractivity contribution in [2.24, 2.45) is 4.99 Å². The third-order valence-electron chi connectivity index (χ3n) is 3.79. The Hall–Kier alpha value is -2.89. The van der Waals surface area contributed by atoms with E-state index in [9.17, 15) is 9.18 Å². The van der Waals surface area contributed by atoms with E-state index >= 15 is 0 Å². The maximum Gasteiger partial charge on any atom is 0.241 e. The molecule has 6 heteroatoms. The number of halogens is 1. The third kappa shape index (κ3) is 6.93. The Labute approximate surface area is 153 Å². The monoisotopic (exact) mass is 356 g/mol. The number of benzene rings is 2. The number of amides is 1. The first-order valence-corrected chi connectivity index (χ1v) is 8.55. The molecule has 138 valence electrons. The Morgan fingerprint density at radius 3 is 2.35 bits per heavy atom. The van der Waals surface area contributed by atoms with Gasteiger partial charge in [-0.1, -0.05) is 42.5 Å². The molecule has 1 amide bonds. The molecule has 0 aliphatic carbocycles. The van der Waals surface area contributed by atoms with E-state index in [0.717, 1.165) is 17.5 Å². The van der Waals surface area contributed by atoms with Gasteiger partial charge in [-0.05, 0) is 29.7 Å². The summed E-state index contributed by atoms with van der Waals surface area (Å²) < 4.78 is 13.0. The van der Waals surface area contributed by atoms with Gasteiger partial charge < -0.3 is 15.5 Å². The molecule has 0 aliphatic heterocycles. The van der Waals surface area contributed by atoms with Gasteiger partial charge in [-0.25, -0.2) is 9.38 Å². The first-order valence-electron chi connectivity index (χ1n) is 8.55. The zero-order chi connectivity index (χ0) is 18.8. The molecule has 0 fully saturated rings. The number of guanidine groups is 1. The summed E-state index contributed by atoms with van der Waals surface area (Å²) in [5, 5.41) is 6.28. The number of rotatable bonds is 7. The van der Waals surface area contributed by atoms with Crippen molar-refractivity contribution in [3.05, 3.63) is 71.5 Å². The second-order valence-electron chi connectivity index (χ2n) is 6.10. The molecule has 5 nitrogen and oxygen atoms in total. The molecule has 2 aromatic carbocycles. The van der Waals surface area contributed by atoms with Crippen LogP contribution in [0.5, 0.6) is 0 Å². The molecule has 0 bridgehead atoms. The van der Waals surface area contributed by atoms with Gasteiger partial charge in [0.2, 0.25) is 5.91 Å². The molecule has 0 aromatic heterocycles. The van der Waals surface area contributed by atoms with Crippen molar-refractivity contribution in [2.45, 2.75) is 13.0 Å². The van der Waals surface area contributed by atoms with Gasteiger partial charge in [-0.3, -0.25) is 4.79 Å². The van der Waals surface area contributed by atoms with Crippen LogP contribution in [0.25, 0.3) is 0 Å². The van der Waals surface area contributed by atoms with E-state index in [4.69, 9.17) is 0 Å². The van der Waals surface area contributed by atoms with E-state index in [2.05, 4.69) is 15.6 Å². The quantitative estimate of drug-likeness (QED) is 0.591. The maximum absolute atomic E-state index is 13.0. The van der Waals surface area contributed by atoms with Gasteiger partial charge in [0.15, 0.2) is 5.96 Å². The number of likely N-dealkylation sites (N-methyl/N-ethyl adjacent to an activating group) is 1. The molecule has 0 aliphatic rings. The molecule has 0 radical (unpaired) electrons. The van der Waals surface area contributed by atoms with Crippen LogP contribution in [0.3, 0.4) is 0 Å². The highest BCUT2D eigenvalue weighted by molar-refractivity contribution is 5.86. The number of carbonyl (C=O) groups excluding carboxylic acids is 1. The lowest BCUT2D eigenvalue weighted by atomic mass is 10.1. The minimum absolute atomic E-state index is 0.0299. The minimum atomic E-state index is -0.240. The van der Waals surface area contributed by atoms with Gasteiger partial charge in [0.25, 0.3) is 0 Å². The normalized spacial score (nSPS) is 11.1. The second-order valence-corrected chi connectivity index (χ2v) is 6.10. The van der Waals surface area contributed by atoms with Gasteiger partial charge in [-0.15, -0.1) is 0 Å². The van der Waals surface area contributed by atoms with E-state index < -0.39 is 0 Å². The topological polar surface area (TPSA) is 56.7 Å². The molecule has 2 aromatic rings. The molecule has 2 N–H and O–H groups in total. The standard InChI is InChI=1S/C20H25FN4O/c1-25(2)19(26)15-24-20(23-14-17-6-4-3-5-7-17)22-13-12-16-8-10-18(21)11-9-16/h3-11H,12-15H2,1-2H3,(H2,22,23,24). The summed E-state index contributed by atoms with van der Waals surface area (Å²) in [5.41, 5.74) is 2.12. The SMILES string of the molecule is CN(C)C(=O)CNC(=NCc1ccccc1)NCCc1ccc(F)cc1. The van der Waals surface area contributed by atoms with Crippen LogP contribution in [0, 0.1) is 5.82 Å². The molecule has 26 heavy (non-hydrogen) atoms. The molecule has 0 spiro atoms. The van der Waals surface area contributed by atoms with Gasteiger partial charge in [0.05, 0.1) is 13.1 Å². The molecule has 2 rings (SSSR count). The highest BCUT2D eigenvalue weighted by Crippen LogP contribution is 2.03. The Bertz CT molecular complexity index is 714. The first-order chi connectivity index (χ1) is 12.5. The van der Waals surface area contributed by atoms with Crippen LogP contribution >= 0.6 is 0 Å². The lowest BCUT2D eigenvalue weighted by Crippen LogP contribution is -2.43. The van der Waals surface area contributed by atoms with Crippen LogP contribution < -0.4 is 10.6 Å². The zero-order valence-corrected chi connectivity index (χ0v) is 15.2. The van der Waals surface area contributed by atoms with Crippen LogP contribution in [0.15, 0.2) is 59.6 Å². The summed E-state index contributed by atoms with van der Waals surface area (Å²) in [6.45, 7) is 1.31. The van der Waals surface area contributed by atoms with E-state index in [1.165, 1.54) is 17.0 Å². The van der Waals surface area contributed by atoms with Gasteiger partial charge in [0, 0.05) is 20.6 Å². The fourth-order valence-corrected chi connectivity index (χ4v) is 2.22. The largest absolute Gasteiger partial charge is 0.356 e. The lowest BCUT2D eigenvalue weighted by molar-refractivity contribution is -0.127. The van der Waals surface area contributed by atoms with Crippen molar-refractivity contribution >= 4 is 11.9 Å². The fraction of sp³-hybridized carbons (Fsp3) is 0.300. The van der Waals surface area contributed by atoms with Crippen LogP contribution in [0.4, 0.5) is 4.39 Å². The van der Waals surface area contributed by atoms with E-state index in [1.807, 2.05) is 30.3 Å². The highest BCUT2D eigenvalue weighted by Gasteiger charge is 2.06. The summed E-state index contributed by atoms with van der Waals surface area (Å²) in [5.74, 6) is 0.305. The number of nitrogens with one attached hydrogen (secondary N) is 2. The first kappa shape index (κ1) is 19.4. The van der Waals surface area contributed by atoms with Crippen molar-refractivity contribution < 1.29 is 9.18 Å². The van der Waals surface area contributed by atoms with E-state index in [1.54, 1.807) is 26.2 Å². The van der Waals surface area contributed by atoms with E-state index in [-0.39, 0.29) is 18.3 Å². The van der Waals surface area contributed by atoms with Crippen molar-refractivity contribution in [3.8, 4) is 0 Å². The minimum Gasteiger partial charge on any atom is -0.356 e. The average Bonchev–Trinajstić information content (AvgIpc) is 2.65. The van der Waals surface area contributed by atoms with Gasteiger partial charge >= 0.3 is 0 Å². The number of hydrogen-bond acceptors (Lipinski definition) is 2. The summed E-state index contributed by atoms with van der Waals surface area (Å²) in [6.07, 6.45) is 0.730. The van der Waals surface area contributed by atoms with Crippen molar-refractivity contribution in [1.82, 2.24) is 15.5 Å². The Morgan fingerprint density at radius 2 is 1.69 bits per heavy atom. The summed E-state index contributed by atoms with van der Waals surface area (Å²) in [7, 11) is 3.43. The summed E-state index contributed by atoms with van der Waals surface area (Å²) in [6, 6.07) is 16.3. The summed E-state index contributed by atoms with van der Waals surface area (Å²) >= 11 is 0. The third-order valence-corrected chi connectivity index (χ3v) is 3.79.